The second kappa shape index (κ2) is 12.0. The third-order valence-corrected chi connectivity index (χ3v) is 8.21. The molecule has 8 nitrogen and oxygen atoms in total. The number of likely N-dealkylation sites (N-methyl/N-ethyl adjacent to an activating group) is 1. The standard InChI is InChI=1S/C30H39FN4O4/c1-18-28(36)34-25(15-19-8-12-23(31)13-9-19)29(37)32-14-4-7-21-5-3-6-22-16-24(39-27(21)22)17-33-26(20-10-11-20)30(38)35(18)2/h3,5-6,8-9,12-13,18,20,24-26,28,33-34,36H,4,7,10-11,14-17H2,1-2H3,(H,32,37)/t18-,24?,25-,26+,28?/m1/s1. The molecular formula is C30H39FN4O4. The highest BCUT2D eigenvalue weighted by Gasteiger charge is 2.40. The van der Waals surface area contributed by atoms with Crippen LogP contribution in [0.25, 0.3) is 0 Å². The van der Waals surface area contributed by atoms with Crippen molar-refractivity contribution in [3.63, 3.8) is 0 Å². The normalized spacial score (nSPS) is 28.8. The van der Waals surface area contributed by atoms with E-state index in [9.17, 15) is 19.1 Å². The lowest BCUT2D eigenvalue weighted by atomic mass is 10.0. The molecule has 0 aromatic heterocycles. The van der Waals surface area contributed by atoms with Gasteiger partial charge in [0.05, 0.1) is 18.1 Å². The molecule has 1 saturated carbocycles. The van der Waals surface area contributed by atoms with Gasteiger partial charge in [0, 0.05) is 26.6 Å². The van der Waals surface area contributed by atoms with Gasteiger partial charge in [-0.05, 0) is 73.8 Å². The number of hydrogen-bond acceptors (Lipinski definition) is 6. The Bertz CT molecular complexity index is 1170. The molecule has 1 aliphatic carbocycles. The number of para-hydroxylation sites is 1. The molecule has 39 heavy (non-hydrogen) atoms. The van der Waals surface area contributed by atoms with Gasteiger partial charge in [0.15, 0.2) is 0 Å². The predicted octanol–water partition coefficient (Wildman–Crippen LogP) is 1.93. The van der Waals surface area contributed by atoms with Gasteiger partial charge >= 0.3 is 0 Å². The maximum atomic E-state index is 13.6. The molecule has 3 aliphatic rings. The first-order valence-corrected chi connectivity index (χ1v) is 14.0. The summed E-state index contributed by atoms with van der Waals surface area (Å²) in [5.74, 6) is 0.502. The van der Waals surface area contributed by atoms with Crippen molar-refractivity contribution in [2.45, 2.75) is 75.9 Å². The quantitative estimate of drug-likeness (QED) is 0.476. The highest BCUT2D eigenvalue weighted by molar-refractivity contribution is 5.83. The second-order valence-corrected chi connectivity index (χ2v) is 11.2. The van der Waals surface area contributed by atoms with Crippen molar-refractivity contribution in [1.82, 2.24) is 20.9 Å². The van der Waals surface area contributed by atoms with Gasteiger partial charge in [0.1, 0.15) is 23.9 Å². The smallest absolute Gasteiger partial charge is 0.240 e. The maximum Gasteiger partial charge on any atom is 0.240 e. The minimum absolute atomic E-state index is 0.0454. The number of carbonyl (C=O) groups excluding carboxylic acids is 2. The topological polar surface area (TPSA) is 103 Å². The van der Waals surface area contributed by atoms with E-state index in [1.54, 1.807) is 31.0 Å². The van der Waals surface area contributed by atoms with Crippen LogP contribution in [0.2, 0.25) is 0 Å². The largest absolute Gasteiger partial charge is 0.488 e. The van der Waals surface area contributed by atoms with Gasteiger partial charge < -0.3 is 25.4 Å². The van der Waals surface area contributed by atoms with Crippen molar-refractivity contribution in [3.8, 4) is 5.75 Å². The van der Waals surface area contributed by atoms with E-state index < -0.39 is 18.3 Å². The lowest BCUT2D eigenvalue weighted by molar-refractivity contribution is -0.137. The third-order valence-electron chi connectivity index (χ3n) is 8.21. The molecule has 1 fully saturated rings. The number of nitrogens with zero attached hydrogens (tertiary/aromatic N) is 1. The van der Waals surface area contributed by atoms with Crippen LogP contribution in [-0.4, -0.2) is 72.4 Å². The van der Waals surface area contributed by atoms with Crippen LogP contribution in [0.3, 0.4) is 0 Å². The Labute approximate surface area is 229 Å². The molecular weight excluding hydrogens is 499 g/mol. The highest BCUT2D eigenvalue weighted by atomic mass is 19.1. The number of rotatable bonds is 3. The van der Waals surface area contributed by atoms with Crippen LogP contribution in [0, 0.1) is 11.7 Å². The van der Waals surface area contributed by atoms with E-state index in [-0.39, 0.29) is 42.1 Å². The molecule has 2 unspecified atom stereocenters. The van der Waals surface area contributed by atoms with Crippen LogP contribution in [0.15, 0.2) is 42.5 Å². The van der Waals surface area contributed by atoms with E-state index in [0.717, 1.165) is 49.0 Å². The molecule has 0 radical (unpaired) electrons. The molecule has 210 valence electrons. The van der Waals surface area contributed by atoms with Gasteiger partial charge in [0.25, 0.3) is 0 Å². The Morgan fingerprint density at radius 2 is 1.85 bits per heavy atom. The van der Waals surface area contributed by atoms with Crippen LogP contribution in [0.1, 0.15) is 42.9 Å². The fourth-order valence-electron chi connectivity index (χ4n) is 5.53. The summed E-state index contributed by atoms with van der Waals surface area (Å²) in [5, 5.41) is 20.6. The maximum absolute atomic E-state index is 13.6. The lowest BCUT2D eigenvalue weighted by Gasteiger charge is -2.34. The SMILES string of the molecule is C[C@@H]1C(O)N[C@H](Cc2ccc(F)cc2)C(=O)NCCCc2cccc3c2OC(CN[C@@H](C2CC2)C(=O)N1C)C3. The van der Waals surface area contributed by atoms with E-state index in [0.29, 0.717) is 13.1 Å². The molecule has 4 N–H and O–H groups in total. The van der Waals surface area contributed by atoms with Crippen molar-refractivity contribution in [2.24, 2.45) is 5.92 Å². The van der Waals surface area contributed by atoms with Crippen molar-refractivity contribution >= 4 is 11.8 Å². The zero-order valence-electron chi connectivity index (χ0n) is 22.7. The third kappa shape index (κ3) is 6.59. The molecule has 5 atom stereocenters. The number of aryl methyl sites for hydroxylation is 1. The van der Waals surface area contributed by atoms with E-state index in [1.807, 2.05) is 6.07 Å². The summed E-state index contributed by atoms with van der Waals surface area (Å²) in [6, 6.07) is 10.5. The Kier molecular flexibility index (Phi) is 8.49. The van der Waals surface area contributed by atoms with Crippen molar-refractivity contribution in [3.05, 3.63) is 65.0 Å². The predicted molar refractivity (Wildman–Crippen MR) is 146 cm³/mol. The summed E-state index contributed by atoms with van der Waals surface area (Å²) in [4.78, 5) is 28.4. The van der Waals surface area contributed by atoms with Gasteiger partial charge in [-0.1, -0.05) is 30.3 Å². The highest BCUT2D eigenvalue weighted by Crippen LogP contribution is 2.35. The zero-order chi connectivity index (χ0) is 27.5. The van der Waals surface area contributed by atoms with Gasteiger partial charge in [-0.3, -0.25) is 14.9 Å². The molecule has 0 saturated heterocycles. The van der Waals surface area contributed by atoms with Crippen molar-refractivity contribution in [1.29, 1.82) is 0 Å². The van der Waals surface area contributed by atoms with Crippen LogP contribution in [0.5, 0.6) is 5.75 Å². The van der Waals surface area contributed by atoms with Gasteiger partial charge in [-0.15, -0.1) is 0 Å². The number of ether oxygens (including phenoxy) is 1. The number of nitrogens with one attached hydrogen (secondary N) is 3. The van der Waals surface area contributed by atoms with E-state index in [1.165, 1.54) is 17.7 Å². The summed E-state index contributed by atoms with van der Waals surface area (Å²) in [5.41, 5.74) is 3.05. The molecule has 9 heteroatoms. The Morgan fingerprint density at radius 1 is 1.10 bits per heavy atom. The molecule has 0 spiro atoms. The zero-order valence-corrected chi connectivity index (χ0v) is 22.7. The fourth-order valence-corrected chi connectivity index (χ4v) is 5.53. The minimum Gasteiger partial charge on any atom is -0.488 e. The monoisotopic (exact) mass is 538 g/mol. The molecule has 2 aromatic rings. The first-order chi connectivity index (χ1) is 18.8. The minimum atomic E-state index is -1.14. The van der Waals surface area contributed by atoms with Crippen LogP contribution in [-0.2, 0) is 28.9 Å². The molecule has 2 amide bonds. The van der Waals surface area contributed by atoms with E-state index in [4.69, 9.17) is 4.74 Å². The molecule has 2 aliphatic heterocycles. The lowest BCUT2D eigenvalue weighted by Crippen LogP contribution is -2.59. The molecule has 2 heterocycles. The van der Waals surface area contributed by atoms with Crippen molar-refractivity contribution in [2.75, 3.05) is 20.1 Å². The Morgan fingerprint density at radius 3 is 2.59 bits per heavy atom. The van der Waals surface area contributed by atoms with E-state index >= 15 is 0 Å². The van der Waals surface area contributed by atoms with Crippen LogP contribution < -0.4 is 20.7 Å². The van der Waals surface area contributed by atoms with Crippen LogP contribution >= 0.6 is 0 Å². The number of carbonyl (C=O) groups is 2. The average molecular weight is 539 g/mol. The van der Waals surface area contributed by atoms with Gasteiger partial charge in [-0.25, -0.2) is 4.39 Å². The number of benzene rings is 2. The number of halogens is 1. The summed E-state index contributed by atoms with van der Waals surface area (Å²) < 4.78 is 19.8. The van der Waals surface area contributed by atoms with E-state index in [2.05, 4.69) is 28.1 Å². The molecule has 2 bridgehead atoms. The van der Waals surface area contributed by atoms with Gasteiger partial charge in [0.2, 0.25) is 11.8 Å². The Hall–Kier alpha value is -3.01. The number of hydrogen-bond donors (Lipinski definition) is 4. The number of aliphatic hydroxyl groups is 1. The average Bonchev–Trinajstić information content (AvgIpc) is 3.68. The fraction of sp³-hybridized carbons (Fsp3) is 0.533. The number of fused-ring (bicyclic) bond motifs is 1. The first kappa shape index (κ1) is 27.6. The number of aliphatic hydroxyl groups excluding tert-OH is 1. The van der Waals surface area contributed by atoms with Crippen molar-refractivity contribution < 1.29 is 23.8 Å². The van der Waals surface area contributed by atoms with Crippen LogP contribution in [0.4, 0.5) is 4.39 Å². The molecule has 5 rings (SSSR count). The second-order valence-electron chi connectivity index (χ2n) is 11.2. The number of amides is 2. The Balaban J connectivity index is 1.37. The molecule has 2 aromatic carbocycles. The summed E-state index contributed by atoms with van der Waals surface area (Å²) >= 11 is 0. The summed E-state index contributed by atoms with van der Waals surface area (Å²) in [6.45, 7) is 2.80. The summed E-state index contributed by atoms with van der Waals surface area (Å²) in [7, 11) is 1.69. The first-order valence-electron chi connectivity index (χ1n) is 14.0. The summed E-state index contributed by atoms with van der Waals surface area (Å²) in [6.07, 6.45) is 3.34. The van der Waals surface area contributed by atoms with Gasteiger partial charge in [-0.2, -0.15) is 0 Å².